The predicted octanol–water partition coefficient (Wildman–Crippen LogP) is 8.60. The molecule has 5 aromatic carbocycles. The highest BCUT2D eigenvalue weighted by molar-refractivity contribution is 7.98. The first-order valence-corrected chi connectivity index (χ1v) is 12.7. The van der Waals surface area contributed by atoms with Gasteiger partial charge < -0.3 is 9.13 Å². The third kappa shape index (κ3) is 2.77. The molecule has 2 heterocycles. The van der Waals surface area contributed by atoms with Crippen molar-refractivity contribution in [2.75, 3.05) is 6.26 Å². The Morgan fingerprint density at radius 3 is 1.32 bits per heavy atom. The summed E-state index contributed by atoms with van der Waals surface area (Å²) in [5, 5.41) is 5.16. The van der Waals surface area contributed by atoms with E-state index >= 15 is 0 Å². The fourth-order valence-electron chi connectivity index (χ4n) is 5.31. The third-order valence-electron chi connectivity index (χ3n) is 6.83. The van der Waals surface area contributed by atoms with Gasteiger partial charge in [-0.3, -0.25) is 0 Å². The molecule has 3 heteroatoms. The minimum Gasteiger partial charge on any atom is -0.309 e. The lowest BCUT2D eigenvalue weighted by molar-refractivity contribution is 1.14. The first-order chi connectivity index (χ1) is 16.8. The van der Waals surface area contributed by atoms with Crippen molar-refractivity contribution in [2.45, 2.75) is 4.90 Å². The van der Waals surface area contributed by atoms with Crippen molar-refractivity contribution in [1.82, 2.24) is 9.13 Å². The molecular weight excluding hydrogens is 432 g/mol. The molecule has 34 heavy (non-hydrogen) atoms. The standard InChI is InChI=1S/C31H22N2S/c1-34-23-18-19-31-27(20-23)26-10-4-7-13-30(26)33(31)22-16-14-21(15-17-22)32-28-11-5-2-8-24(28)25-9-3-6-12-29(25)32/h2-20H,1H3. The smallest absolute Gasteiger partial charge is 0.0541 e. The molecular formula is C31H22N2S. The number of fused-ring (bicyclic) bond motifs is 6. The van der Waals surface area contributed by atoms with E-state index in [2.05, 4.69) is 131 Å². The Balaban J connectivity index is 1.45. The van der Waals surface area contributed by atoms with Gasteiger partial charge in [-0.1, -0.05) is 54.6 Å². The van der Waals surface area contributed by atoms with Gasteiger partial charge in [-0.25, -0.2) is 0 Å². The average molecular weight is 455 g/mol. The lowest BCUT2D eigenvalue weighted by Gasteiger charge is -2.11. The summed E-state index contributed by atoms with van der Waals surface area (Å²) in [5.41, 5.74) is 7.29. The number of thioether (sulfide) groups is 1. The Hall–Kier alpha value is -3.95. The highest BCUT2D eigenvalue weighted by Gasteiger charge is 2.14. The van der Waals surface area contributed by atoms with Crippen molar-refractivity contribution in [3.8, 4) is 11.4 Å². The maximum Gasteiger partial charge on any atom is 0.0541 e. The number of rotatable bonds is 3. The quantitative estimate of drug-likeness (QED) is 0.243. The number of hydrogen-bond donors (Lipinski definition) is 0. The molecule has 7 aromatic rings. The molecule has 2 nitrogen and oxygen atoms in total. The first-order valence-electron chi connectivity index (χ1n) is 11.5. The van der Waals surface area contributed by atoms with Crippen LogP contribution in [-0.2, 0) is 0 Å². The van der Waals surface area contributed by atoms with E-state index in [1.807, 2.05) is 0 Å². The number of benzene rings is 5. The Labute approximate surface area is 202 Å². The van der Waals surface area contributed by atoms with Crippen molar-refractivity contribution < 1.29 is 0 Å². The number of para-hydroxylation sites is 3. The maximum absolute atomic E-state index is 2.38. The summed E-state index contributed by atoms with van der Waals surface area (Å²) in [5.74, 6) is 0. The summed E-state index contributed by atoms with van der Waals surface area (Å²) in [6.45, 7) is 0. The summed E-state index contributed by atoms with van der Waals surface area (Å²) in [6, 6.07) is 41.8. The molecule has 0 amide bonds. The first kappa shape index (κ1) is 19.5. The Bertz CT molecular complexity index is 1780. The van der Waals surface area contributed by atoms with Crippen molar-refractivity contribution in [3.63, 3.8) is 0 Å². The van der Waals surface area contributed by atoms with Gasteiger partial charge in [0.1, 0.15) is 0 Å². The van der Waals surface area contributed by atoms with Gasteiger partial charge in [0.2, 0.25) is 0 Å². The monoisotopic (exact) mass is 454 g/mol. The van der Waals surface area contributed by atoms with Gasteiger partial charge in [0.15, 0.2) is 0 Å². The molecule has 0 spiro atoms. The fourth-order valence-corrected chi connectivity index (χ4v) is 5.75. The molecule has 0 radical (unpaired) electrons. The van der Waals surface area contributed by atoms with Crippen LogP contribution in [0.25, 0.3) is 55.0 Å². The fraction of sp³-hybridized carbons (Fsp3) is 0.0323. The van der Waals surface area contributed by atoms with E-state index < -0.39 is 0 Å². The second-order valence-corrected chi connectivity index (χ2v) is 9.50. The normalized spacial score (nSPS) is 11.8. The van der Waals surface area contributed by atoms with E-state index in [4.69, 9.17) is 0 Å². The lowest BCUT2D eigenvalue weighted by Crippen LogP contribution is -1.97. The third-order valence-corrected chi connectivity index (χ3v) is 7.55. The van der Waals surface area contributed by atoms with Crippen LogP contribution in [0.1, 0.15) is 0 Å². The Morgan fingerprint density at radius 2 is 0.853 bits per heavy atom. The zero-order valence-electron chi connectivity index (χ0n) is 18.8. The van der Waals surface area contributed by atoms with E-state index in [9.17, 15) is 0 Å². The number of aromatic nitrogens is 2. The van der Waals surface area contributed by atoms with Gasteiger partial charge in [-0.15, -0.1) is 11.8 Å². The van der Waals surface area contributed by atoms with Gasteiger partial charge in [0.25, 0.3) is 0 Å². The van der Waals surface area contributed by atoms with Crippen LogP contribution in [0.4, 0.5) is 0 Å². The average Bonchev–Trinajstić information content (AvgIpc) is 3.41. The van der Waals surface area contributed by atoms with Crippen LogP contribution in [0.15, 0.2) is 120 Å². The van der Waals surface area contributed by atoms with Gasteiger partial charge in [0, 0.05) is 37.8 Å². The predicted molar refractivity (Wildman–Crippen MR) is 147 cm³/mol. The zero-order chi connectivity index (χ0) is 22.6. The summed E-state index contributed by atoms with van der Waals surface area (Å²) in [4.78, 5) is 1.29. The minimum atomic E-state index is 1.17. The van der Waals surface area contributed by atoms with Crippen LogP contribution in [0.2, 0.25) is 0 Å². The summed E-state index contributed by atoms with van der Waals surface area (Å²) < 4.78 is 4.75. The molecule has 0 aliphatic heterocycles. The van der Waals surface area contributed by atoms with Crippen molar-refractivity contribution in [3.05, 3.63) is 115 Å². The molecule has 0 saturated heterocycles. The van der Waals surface area contributed by atoms with Gasteiger partial charge in [-0.2, -0.15) is 0 Å². The van der Waals surface area contributed by atoms with Crippen molar-refractivity contribution in [2.24, 2.45) is 0 Å². The SMILES string of the molecule is CSc1ccc2c(c1)c1ccccc1n2-c1ccc(-n2c3ccccc3c3ccccc32)cc1. The molecule has 0 unspecified atom stereocenters. The van der Waals surface area contributed by atoms with E-state index in [0.717, 1.165) is 0 Å². The molecule has 162 valence electrons. The zero-order valence-corrected chi connectivity index (χ0v) is 19.6. The van der Waals surface area contributed by atoms with E-state index in [1.165, 1.54) is 59.9 Å². The van der Waals surface area contributed by atoms with Crippen molar-refractivity contribution in [1.29, 1.82) is 0 Å². The second kappa shape index (κ2) is 7.54. The van der Waals surface area contributed by atoms with E-state index in [0.29, 0.717) is 0 Å². The Kier molecular flexibility index (Phi) is 4.33. The maximum atomic E-state index is 2.38. The van der Waals surface area contributed by atoms with Crippen LogP contribution in [0, 0.1) is 0 Å². The summed E-state index contributed by atoms with van der Waals surface area (Å²) in [6.07, 6.45) is 2.13. The molecule has 0 aliphatic rings. The molecule has 0 fully saturated rings. The van der Waals surface area contributed by atoms with Crippen LogP contribution >= 0.6 is 11.8 Å². The molecule has 0 saturated carbocycles. The summed E-state index contributed by atoms with van der Waals surface area (Å²) >= 11 is 1.79. The topological polar surface area (TPSA) is 9.86 Å². The molecule has 0 atom stereocenters. The number of nitrogens with zero attached hydrogens (tertiary/aromatic N) is 2. The second-order valence-electron chi connectivity index (χ2n) is 8.62. The highest BCUT2D eigenvalue weighted by Crippen LogP contribution is 2.35. The minimum absolute atomic E-state index is 1.17. The lowest BCUT2D eigenvalue weighted by atomic mass is 10.1. The largest absolute Gasteiger partial charge is 0.309 e. The molecule has 2 aromatic heterocycles. The molecule has 0 bridgehead atoms. The van der Waals surface area contributed by atoms with Gasteiger partial charge in [0.05, 0.1) is 22.1 Å². The summed E-state index contributed by atoms with van der Waals surface area (Å²) in [7, 11) is 0. The van der Waals surface area contributed by atoms with Gasteiger partial charge in [-0.05, 0) is 66.9 Å². The van der Waals surface area contributed by atoms with E-state index in [1.54, 1.807) is 11.8 Å². The van der Waals surface area contributed by atoms with Crippen LogP contribution < -0.4 is 0 Å². The van der Waals surface area contributed by atoms with Crippen LogP contribution in [0.3, 0.4) is 0 Å². The van der Waals surface area contributed by atoms with Crippen LogP contribution in [-0.4, -0.2) is 15.4 Å². The Morgan fingerprint density at radius 1 is 0.441 bits per heavy atom. The van der Waals surface area contributed by atoms with E-state index in [-0.39, 0.29) is 0 Å². The number of hydrogen-bond acceptors (Lipinski definition) is 1. The van der Waals surface area contributed by atoms with Crippen molar-refractivity contribution >= 4 is 55.4 Å². The highest BCUT2D eigenvalue weighted by atomic mass is 32.2. The van der Waals surface area contributed by atoms with Gasteiger partial charge >= 0.3 is 0 Å². The molecule has 0 N–H and O–H groups in total. The molecule has 0 aliphatic carbocycles. The molecule has 7 rings (SSSR count). The van der Waals surface area contributed by atoms with Crippen LogP contribution in [0.5, 0.6) is 0 Å².